The molecule has 144 valence electrons. The van der Waals surface area contributed by atoms with Crippen molar-refractivity contribution < 1.29 is 0 Å². The fraction of sp³-hybridized carbons (Fsp3) is 0.273. The summed E-state index contributed by atoms with van der Waals surface area (Å²) in [5.41, 5.74) is 4.48. The Morgan fingerprint density at radius 2 is 1.57 bits per heavy atom. The quantitative estimate of drug-likeness (QED) is 0.688. The number of piperazine rings is 1. The second-order valence-corrected chi connectivity index (χ2v) is 7.58. The zero-order chi connectivity index (χ0) is 19.5. The van der Waals surface area contributed by atoms with Crippen LogP contribution in [0, 0.1) is 13.8 Å². The third-order valence-corrected chi connectivity index (χ3v) is 5.14. The Kier molecular flexibility index (Phi) is 5.35. The Labute approximate surface area is 171 Å². The van der Waals surface area contributed by atoms with Crippen molar-refractivity contribution in [1.29, 1.82) is 0 Å². The van der Waals surface area contributed by atoms with E-state index in [9.17, 15) is 0 Å². The number of halogens is 1. The third kappa shape index (κ3) is 4.37. The number of benzene rings is 2. The number of hydrogen-bond donors (Lipinski definition) is 1. The van der Waals surface area contributed by atoms with E-state index in [1.54, 1.807) is 0 Å². The van der Waals surface area contributed by atoms with E-state index in [4.69, 9.17) is 16.6 Å². The zero-order valence-electron chi connectivity index (χ0n) is 16.2. The molecule has 0 aliphatic carbocycles. The molecular weight excluding hydrogens is 370 g/mol. The molecule has 0 saturated carbocycles. The van der Waals surface area contributed by atoms with Gasteiger partial charge in [-0.2, -0.15) is 4.98 Å². The highest BCUT2D eigenvalue weighted by molar-refractivity contribution is 6.30. The summed E-state index contributed by atoms with van der Waals surface area (Å²) in [5.74, 6) is 1.58. The van der Waals surface area contributed by atoms with Crippen LogP contribution in [0.2, 0.25) is 5.02 Å². The van der Waals surface area contributed by atoms with Crippen molar-refractivity contribution in [2.45, 2.75) is 13.8 Å². The Bertz CT molecular complexity index is 949. The summed E-state index contributed by atoms with van der Waals surface area (Å²) in [7, 11) is 0. The van der Waals surface area contributed by atoms with Gasteiger partial charge in [0.05, 0.1) is 0 Å². The van der Waals surface area contributed by atoms with Gasteiger partial charge in [-0.1, -0.05) is 23.7 Å². The van der Waals surface area contributed by atoms with Gasteiger partial charge in [-0.25, -0.2) is 4.98 Å². The van der Waals surface area contributed by atoms with Crippen LogP contribution in [0.1, 0.15) is 11.3 Å². The van der Waals surface area contributed by atoms with E-state index in [1.165, 1.54) is 11.3 Å². The first-order valence-corrected chi connectivity index (χ1v) is 9.89. The van der Waals surface area contributed by atoms with Gasteiger partial charge >= 0.3 is 0 Å². The summed E-state index contributed by atoms with van der Waals surface area (Å²) in [6.45, 7) is 7.85. The molecule has 2 aromatic carbocycles. The van der Waals surface area contributed by atoms with E-state index in [0.717, 1.165) is 54.3 Å². The summed E-state index contributed by atoms with van der Waals surface area (Å²) < 4.78 is 0. The monoisotopic (exact) mass is 393 g/mol. The second-order valence-electron chi connectivity index (χ2n) is 7.14. The van der Waals surface area contributed by atoms with Crippen molar-refractivity contribution in [2.75, 3.05) is 41.3 Å². The molecule has 1 N–H and O–H groups in total. The molecule has 5 nitrogen and oxygen atoms in total. The Morgan fingerprint density at radius 1 is 0.857 bits per heavy atom. The molecular formula is C22H24ClN5. The van der Waals surface area contributed by atoms with E-state index >= 15 is 0 Å². The summed E-state index contributed by atoms with van der Waals surface area (Å²) in [4.78, 5) is 14.1. The van der Waals surface area contributed by atoms with Gasteiger partial charge in [0, 0.05) is 54.3 Å². The van der Waals surface area contributed by atoms with Crippen LogP contribution < -0.4 is 15.1 Å². The maximum absolute atomic E-state index is 5.97. The first-order chi connectivity index (χ1) is 13.6. The average molecular weight is 394 g/mol. The lowest BCUT2D eigenvalue weighted by atomic mass is 10.2. The molecule has 1 aromatic heterocycles. The number of hydrogen-bond acceptors (Lipinski definition) is 5. The first-order valence-electron chi connectivity index (χ1n) is 9.52. The van der Waals surface area contributed by atoms with E-state index in [1.807, 2.05) is 37.3 Å². The van der Waals surface area contributed by atoms with E-state index in [-0.39, 0.29) is 0 Å². The van der Waals surface area contributed by atoms with E-state index in [2.05, 4.69) is 51.3 Å². The molecule has 4 rings (SSSR count). The van der Waals surface area contributed by atoms with Gasteiger partial charge in [-0.3, -0.25) is 0 Å². The predicted molar refractivity (Wildman–Crippen MR) is 117 cm³/mol. The highest BCUT2D eigenvalue weighted by atomic mass is 35.5. The summed E-state index contributed by atoms with van der Waals surface area (Å²) in [6.07, 6.45) is 0. The van der Waals surface area contributed by atoms with Crippen molar-refractivity contribution in [2.24, 2.45) is 0 Å². The van der Waals surface area contributed by atoms with Gasteiger partial charge in [0.1, 0.15) is 5.82 Å². The first kappa shape index (κ1) is 18.6. The largest absolute Gasteiger partial charge is 0.368 e. The molecule has 0 atom stereocenters. The minimum Gasteiger partial charge on any atom is -0.368 e. The number of nitrogens with zero attached hydrogens (tertiary/aromatic N) is 4. The highest BCUT2D eigenvalue weighted by Crippen LogP contribution is 2.23. The topological polar surface area (TPSA) is 44.3 Å². The van der Waals surface area contributed by atoms with Crippen molar-refractivity contribution in [3.05, 3.63) is 70.9 Å². The molecule has 0 unspecified atom stereocenters. The Balaban J connectivity index is 1.46. The summed E-state index contributed by atoms with van der Waals surface area (Å²) in [6, 6.07) is 18.3. The van der Waals surface area contributed by atoms with Crippen LogP contribution in [0.25, 0.3) is 0 Å². The molecule has 2 heterocycles. The maximum Gasteiger partial charge on any atom is 0.227 e. The molecule has 0 bridgehead atoms. The molecule has 1 fully saturated rings. The van der Waals surface area contributed by atoms with E-state index < -0.39 is 0 Å². The van der Waals surface area contributed by atoms with Crippen molar-refractivity contribution in [3.63, 3.8) is 0 Å². The highest BCUT2D eigenvalue weighted by Gasteiger charge is 2.20. The van der Waals surface area contributed by atoms with Gasteiger partial charge < -0.3 is 15.1 Å². The minimum absolute atomic E-state index is 0.719. The average Bonchev–Trinajstić information content (AvgIpc) is 2.69. The van der Waals surface area contributed by atoms with Crippen molar-refractivity contribution >= 4 is 34.7 Å². The van der Waals surface area contributed by atoms with Crippen LogP contribution in [0.4, 0.5) is 23.1 Å². The molecule has 0 spiro atoms. The van der Waals surface area contributed by atoms with Crippen LogP contribution in [0.3, 0.4) is 0 Å². The number of rotatable bonds is 4. The lowest BCUT2D eigenvalue weighted by molar-refractivity contribution is 0.639. The minimum atomic E-state index is 0.719. The fourth-order valence-electron chi connectivity index (χ4n) is 3.43. The lowest BCUT2D eigenvalue weighted by Gasteiger charge is -2.36. The maximum atomic E-state index is 5.97. The molecule has 1 aliphatic rings. The van der Waals surface area contributed by atoms with E-state index in [0.29, 0.717) is 0 Å². The molecule has 0 radical (unpaired) electrons. The fourth-order valence-corrected chi connectivity index (χ4v) is 3.55. The molecule has 6 heteroatoms. The smallest absolute Gasteiger partial charge is 0.227 e. The Hall–Kier alpha value is -2.79. The summed E-state index contributed by atoms with van der Waals surface area (Å²) >= 11 is 5.97. The molecule has 3 aromatic rings. The van der Waals surface area contributed by atoms with Gasteiger partial charge in [0.25, 0.3) is 0 Å². The molecule has 1 saturated heterocycles. The standard InChI is InChI=1S/C22H24ClN5/c1-16-4-3-5-20(14-16)27-10-12-28(13-11-27)22-24-17(2)15-21(26-22)25-19-8-6-18(23)7-9-19/h3-9,14-15H,10-13H2,1-2H3,(H,24,25,26). The molecule has 28 heavy (non-hydrogen) atoms. The van der Waals surface area contributed by atoms with Crippen molar-refractivity contribution in [1.82, 2.24) is 9.97 Å². The van der Waals surface area contributed by atoms with Crippen LogP contribution in [-0.2, 0) is 0 Å². The van der Waals surface area contributed by atoms with Gasteiger partial charge in [0.2, 0.25) is 5.95 Å². The normalized spacial score (nSPS) is 14.2. The van der Waals surface area contributed by atoms with Crippen LogP contribution in [0.15, 0.2) is 54.6 Å². The third-order valence-electron chi connectivity index (χ3n) is 4.89. The van der Waals surface area contributed by atoms with Crippen molar-refractivity contribution in [3.8, 4) is 0 Å². The van der Waals surface area contributed by atoms with Gasteiger partial charge in [-0.15, -0.1) is 0 Å². The van der Waals surface area contributed by atoms with Gasteiger partial charge in [0.15, 0.2) is 0 Å². The summed E-state index contributed by atoms with van der Waals surface area (Å²) in [5, 5.41) is 4.06. The SMILES string of the molecule is Cc1cccc(N2CCN(c3nc(C)cc(Nc4ccc(Cl)cc4)n3)CC2)c1. The Morgan fingerprint density at radius 3 is 2.29 bits per heavy atom. The number of anilines is 4. The van der Waals surface area contributed by atoms with Gasteiger partial charge in [-0.05, 0) is 55.8 Å². The zero-order valence-corrected chi connectivity index (χ0v) is 16.9. The number of aryl methyl sites for hydroxylation is 2. The molecule has 1 aliphatic heterocycles. The second kappa shape index (κ2) is 8.07. The lowest BCUT2D eigenvalue weighted by Crippen LogP contribution is -2.47. The number of aromatic nitrogens is 2. The predicted octanol–water partition coefficient (Wildman–Crippen LogP) is 4.82. The number of nitrogens with one attached hydrogen (secondary N) is 1. The van der Waals surface area contributed by atoms with Crippen LogP contribution in [0.5, 0.6) is 0 Å². The van der Waals surface area contributed by atoms with Crippen LogP contribution >= 0.6 is 11.6 Å². The molecule has 0 amide bonds. The van der Waals surface area contributed by atoms with Crippen LogP contribution in [-0.4, -0.2) is 36.1 Å².